The number of nitrogens with one attached hydrogen (secondary N) is 2. The van der Waals surface area contributed by atoms with Gasteiger partial charge in [-0.3, -0.25) is 0 Å². The summed E-state index contributed by atoms with van der Waals surface area (Å²) in [6.45, 7) is 6.71. The van der Waals surface area contributed by atoms with Gasteiger partial charge >= 0.3 is 6.09 Å². The number of nitrogens with zero attached hydrogens (tertiary/aromatic N) is 2. The van der Waals surface area contributed by atoms with Crippen LogP contribution in [0.3, 0.4) is 0 Å². The number of carbonyl (C=O) groups is 1. The number of likely N-dealkylation sites (tertiary alicyclic amines) is 1. The van der Waals surface area contributed by atoms with Crippen molar-refractivity contribution in [3.05, 3.63) is 29.8 Å². The molecule has 0 bridgehead atoms. The van der Waals surface area contributed by atoms with Gasteiger partial charge in [0.15, 0.2) is 17.6 Å². The molecule has 1 heterocycles. The smallest absolute Gasteiger partial charge is 0.409 e. The van der Waals surface area contributed by atoms with E-state index in [9.17, 15) is 13.6 Å². The van der Waals surface area contributed by atoms with Crippen LogP contribution < -0.4 is 15.4 Å². The number of halogens is 3. The van der Waals surface area contributed by atoms with Crippen LogP contribution in [0.15, 0.2) is 23.2 Å². The van der Waals surface area contributed by atoms with Crippen LogP contribution in [0.1, 0.15) is 26.7 Å². The van der Waals surface area contributed by atoms with Gasteiger partial charge in [0, 0.05) is 31.7 Å². The molecule has 0 aromatic heterocycles. The number of amides is 1. The Balaban J connectivity index is 0.00000420. The molecule has 0 aliphatic carbocycles. The third-order valence-corrected chi connectivity index (χ3v) is 4.23. The molecule has 164 valence electrons. The van der Waals surface area contributed by atoms with E-state index in [1.807, 2.05) is 6.92 Å². The summed E-state index contributed by atoms with van der Waals surface area (Å²) in [6, 6.07) is 3.63. The van der Waals surface area contributed by atoms with Gasteiger partial charge in [-0.1, -0.05) is 0 Å². The molecule has 1 fully saturated rings. The highest BCUT2D eigenvalue weighted by Crippen LogP contribution is 2.15. The van der Waals surface area contributed by atoms with E-state index in [1.54, 1.807) is 11.8 Å². The van der Waals surface area contributed by atoms with Crippen molar-refractivity contribution in [1.82, 2.24) is 15.5 Å². The van der Waals surface area contributed by atoms with Gasteiger partial charge < -0.3 is 25.0 Å². The van der Waals surface area contributed by atoms with E-state index in [1.165, 1.54) is 6.07 Å². The molecule has 2 rings (SSSR count). The van der Waals surface area contributed by atoms with Crippen molar-refractivity contribution in [2.75, 3.05) is 39.4 Å². The molecule has 1 aromatic carbocycles. The first-order chi connectivity index (χ1) is 13.5. The molecule has 1 aromatic rings. The van der Waals surface area contributed by atoms with Gasteiger partial charge in [-0.25, -0.2) is 18.6 Å². The molecule has 0 atom stereocenters. The molecule has 10 heteroatoms. The third-order valence-electron chi connectivity index (χ3n) is 4.23. The highest BCUT2D eigenvalue weighted by Gasteiger charge is 2.24. The summed E-state index contributed by atoms with van der Waals surface area (Å²) in [5, 5.41) is 6.53. The molecule has 1 saturated heterocycles. The number of carbonyl (C=O) groups excluding carboxylic acids is 1. The molecular weight excluding hydrogens is 497 g/mol. The van der Waals surface area contributed by atoms with Crippen molar-refractivity contribution in [3.8, 4) is 5.75 Å². The quantitative estimate of drug-likeness (QED) is 0.247. The van der Waals surface area contributed by atoms with Crippen LogP contribution in [0.5, 0.6) is 5.75 Å². The third kappa shape index (κ3) is 8.58. The lowest BCUT2D eigenvalue weighted by Gasteiger charge is -2.32. The average Bonchev–Trinajstić information content (AvgIpc) is 2.68. The summed E-state index contributed by atoms with van der Waals surface area (Å²) in [5.74, 6) is -0.924. The predicted octanol–water partition coefficient (Wildman–Crippen LogP) is 3.14. The van der Waals surface area contributed by atoms with Crippen LogP contribution in [0.25, 0.3) is 0 Å². The SMILES string of the molecule is CCNC(=NCCOc1ccc(F)c(F)c1)NC1CCN(C(=O)OCC)CC1.I. The molecule has 0 spiro atoms. The van der Waals surface area contributed by atoms with Gasteiger partial charge in [0.05, 0.1) is 13.2 Å². The number of piperidine rings is 1. The normalized spacial score (nSPS) is 14.8. The Bertz CT molecular complexity index is 671. The van der Waals surface area contributed by atoms with Gasteiger partial charge in [0.25, 0.3) is 0 Å². The molecule has 0 radical (unpaired) electrons. The Kier molecular flexibility index (Phi) is 11.6. The van der Waals surface area contributed by atoms with E-state index in [0.29, 0.717) is 38.7 Å². The fourth-order valence-electron chi connectivity index (χ4n) is 2.82. The maximum Gasteiger partial charge on any atom is 0.409 e. The number of aliphatic imine (C=N–C) groups is 1. The standard InChI is InChI=1S/C19H28F2N4O3.HI/c1-3-22-18(23-9-12-28-15-5-6-16(20)17(21)13-15)24-14-7-10-25(11-8-14)19(26)27-4-2;/h5-6,13-14H,3-4,7-12H2,1-2H3,(H2,22,23,24);1H. The van der Waals surface area contributed by atoms with Crippen molar-refractivity contribution >= 4 is 36.0 Å². The van der Waals surface area contributed by atoms with E-state index in [0.717, 1.165) is 25.0 Å². The number of hydrogen-bond acceptors (Lipinski definition) is 4. The Labute approximate surface area is 187 Å². The molecule has 0 unspecified atom stereocenters. The summed E-state index contributed by atoms with van der Waals surface area (Å²) < 4.78 is 36.5. The molecule has 0 saturated carbocycles. The topological polar surface area (TPSA) is 75.2 Å². The highest BCUT2D eigenvalue weighted by atomic mass is 127. The monoisotopic (exact) mass is 526 g/mol. The zero-order valence-corrected chi connectivity index (χ0v) is 19.1. The van der Waals surface area contributed by atoms with Gasteiger partial charge in [0.1, 0.15) is 12.4 Å². The van der Waals surface area contributed by atoms with Gasteiger partial charge in [-0.2, -0.15) is 0 Å². The fraction of sp³-hybridized carbons (Fsp3) is 0.579. The zero-order valence-electron chi connectivity index (χ0n) is 16.7. The van der Waals surface area contributed by atoms with E-state index in [2.05, 4.69) is 15.6 Å². The van der Waals surface area contributed by atoms with Crippen molar-refractivity contribution in [2.45, 2.75) is 32.7 Å². The number of guanidine groups is 1. The molecule has 29 heavy (non-hydrogen) atoms. The molecular formula is C19H29F2IN4O3. The van der Waals surface area contributed by atoms with Crippen molar-refractivity contribution in [3.63, 3.8) is 0 Å². The fourth-order valence-corrected chi connectivity index (χ4v) is 2.82. The second-order valence-corrected chi connectivity index (χ2v) is 6.29. The first-order valence-corrected chi connectivity index (χ1v) is 9.57. The van der Waals surface area contributed by atoms with Crippen LogP contribution in [0.4, 0.5) is 13.6 Å². The van der Waals surface area contributed by atoms with Crippen molar-refractivity contribution in [2.24, 2.45) is 4.99 Å². The summed E-state index contributed by atoms with van der Waals surface area (Å²) >= 11 is 0. The van der Waals surface area contributed by atoms with Crippen LogP contribution in [0.2, 0.25) is 0 Å². The lowest BCUT2D eigenvalue weighted by atomic mass is 10.1. The maximum absolute atomic E-state index is 13.2. The van der Waals surface area contributed by atoms with Gasteiger partial charge in [-0.05, 0) is 38.8 Å². The highest BCUT2D eigenvalue weighted by molar-refractivity contribution is 14.0. The molecule has 1 aliphatic rings. The van der Waals surface area contributed by atoms with Gasteiger partial charge in [0.2, 0.25) is 0 Å². The first-order valence-electron chi connectivity index (χ1n) is 9.57. The van der Waals surface area contributed by atoms with E-state index < -0.39 is 11.6 Å². The zero-order chi connectivity index (χ0) is 20.4. The lowest BCUT2D eigenvalue weighted by Crippen LogP contribution is -2.50. The Morgan fingerprint density at radius 1 is 1.24 bits per heavy atom. The summed E-state index contributed by atoms with van der Waals surface area (Å²) in [6.07, 6.45) is 1.33. The molecule has 1 amide bonds. The van der Waals surface area contributed by atoms with Crippen LogP contribution in [0, 0.1) is 11.6 Å². The Morgan fingerprint density at radius 2 is 1.97 bits per heavy atom. The minimum absolute atomic E-state index is 0. The minimum Gasteiger partial charge on any atom is -0.492 e. The second kappa shape index (κ2) is 13.4. The lowest BCUT2D eigenvalue weighted by molar-refractivity contribution is 0.0963. The number of rotatable bonds is 7. The summed E-state index contributed by atoms with van der Waals surface area (Å²) in [5.41, 5.74) is 0. The molecule has 7 nitrogen and oxygen atoms in total. The average molecular weight is 526 g/mol. The maximum atomic E-state index is 13.2. The van der Waals surface area contributed by atoms with Crippen LogP contribution in [-0.4, -0.2) is 62.4 Å². The summed E-state index contributed by atoms with van der Waals surface area (Å²) in [4.78, 5) is 17.9. The van der Waals surface area contributed by atoms with Crippen LogP contribution in [-0.2, 0) is 4.74 Å². The van der Waals surface area contributed by atoms with E-state index in [-0.39, 0.29) is 48.5 Å². The van der Waals surface area contributed by atoms with Crippen molar-refractivity contribution in [1.29, 1.82) is 0 Å². The largest absolute Gasteiger partial charge is 0.492 e. The number of ether oxygens (including phenoxy) is 2. The molecule has 1 aliphatic heterocycles. The Morgan fingerprint density at radius 3 is 2.59 bits per heavy atom. The van der Waals surface area contributed by atoms with Crippen LogP contribution >= 0.6 is 24.0 Å². The second-order valence-electron chi connectivity index (χ2n) is 6.29. The van der Waals surface area contributed by atoms with Crippen molar-refractivity contribution < 1.29 is 23.0 Å². The van der Waals surface area contributed by atoms with Gasteiger partial charge in [-0.15, -0.1) is 24.0 Å². The summed E-state index contributed by atoms with van der Waals surface area (Å²) in [7, 11) is 0. The first kappa shape index (κ1) is 25.2. The number of benzene rings is 1. The Hall–Kier alpha value is -1.85. The number of hydrogen-bond donors (Lipinski definition) is 2. The van der Waals surface area contributed by atoms with E-state index >= 15 is 0 Å². The minimum atomic E-state index is -0.940. The van der Waals surface area contributed by atoms with E-state index in [4.69, 9.17) is 9.47 Å². The predicted molar refractivity (Wildman–Crippen MR) is 118 cm³/mol. The molecule has 2 N–H and O–H groups in total.